The van der Waals surface area contributed by atoms with Crippen LogP contribution in [0.4, 0.5) is 14.4 Å². The van der Waals surface area contributed by atoms with Gasteiger partial charge < -0.3 is 40.2 Å². The smallest absolute Gasteiger partial charge is 0.408 e. The average molecular weight is 1010 g/mol. The summed E-state index contributed by atoms with van der Waals surface area (Å²) in [5.74, 6) is -1.22. The van der Waals surface area contributed by atoms with Crippen LogP contribution in [0.2, 0.25) is 5.02 Å². The summed E-state index contributed by atoms with van der Waals surface area (Å²) in [6.45, 7) is 5.85. The lowest BCUT2D eigenvalue weighted by Crippen LogP contribution is -2.48. The van der Waals surface area contributed by atoms with Gasteiger partial charge in [-0.1, -0.05) is 169 Å². The Morgan fingerprint density at radius 3 is 1.63 bits per heavy atom. The van der Waals surface area contributed by atoms with Gasteiger partial charge in [0.25, 0.3) is 0 Å². The second-order valence-corrected chi connectivity index (χ2v) is 19.2. The van der Waals surface area contributed by atoms with E-state index in [2.05, 4.69) is 45.5 Å². The van der Waals surface area contributed by atoms with Crippen LogP contribution in [0.15, 0.2) is 164 Å². The van der Waals surface area contributed by atoms with E-state index in [-0.39, 0.29) is 38.5 Å². The number of hydrogen-bond donors (Lipinski definition) is 4. The molecule has 0 aromatic heterocycles. The van der Waals surface area contributed by atoms with Gasteiger partial charge in [-0.05, 0) is 93.2 Å². The molecule has 0 spiro atoms. The summed E-state index contributed by atoms with van der Waals surface area (Å²) < 4.78 is 23.4. The van der Waals surface area contributed by atoms with Crippen molar-refractivity contribution in [1.82, 2.24) is 21.3 Å². The number of carbonyl (C=O) groups excluding carboxylic acids is 5. The standard InChI is InChI=1S/C59H63ClN4O9/c1-58(2,3)73-57(69)63-51(35-19-22-38-62-55(67)71-40-48-46-31-15-13-29-44(46)45-30-14-16-32-47(45)48)53(65)61-37-21-20-36-52(64-56(68)70-39-41-23-7-4-8-24-41)54(66)72-59(42-25-9-5-10-26-42,43-27-11-6-12-28-43)49-33-17-18-34-50(49)60/h4-18,23-34,48,51-52H,19-22,35-40H2,1-3H3,(H,61,65)(H,62,67)(H,63,69)(H,64,68)/t51-,52-/m0/s1. The van der Waals surface area contributed by atoms with Gasteiger partial charge in [0.2, 0.25) is 5.91 Å². The molecule has 0 unspecified atom stereocenters. The van der Waals surface area contributed by atoms with Gasteiger partial charge in [0.15, 0.2) is 5.60 Å². The largest absolute Gasteiger partial charge is 0.449 e. The van der Waals surface area contributed by atoms with E-state index in [0.29, 0.717) is 53.9 Å². The third-order valence-electron chi connectivity index (χ3n) is 12.4. The predicted octanol–water partition coefficient (Wildman–Crippen LogP) is 11.4. The summed E-state index contributed by atoms with van der Waals surface area (Å²) in [6.07, 6.45) is 0.0342. The fourth-order valence-corrected chi connectivity index (χ4v) is 9.23. The Bertz CT molecular complexity index is 2700. The zero-order chi connectivity index (χ0) is 51.6. The fraction of sp³-hybridized carbons (Fsp3) is 0.305. The number of alkyl carbamates (subject to hydrolysis) is 3. The van der Waals surface area contributed by atoms with Gasteiger partial charge in [0, 0.05) is 40.7 Å². The van der Waals surface area contributed by atoms with Crippen molar-refractivity contribution in [2.24, 2.45) is 0 Å². The average Bonchev–Trinajstić information content (AvgIpc) is 3.71. The Morgan fingerprint density at radius 1 is 0.534 bits per heavy atom. The number of halogens is 1. The molecule has 0 saturated carbocycles. The van der Waals surface area contributed by atoms with Crippen molar-refractivity contribution in [2.75, 3.05) is 19.7 Å². The number of nitrogens with one attached hydrogen (secondary N) is 4. The van der Waals surface area contributed by atoms with Crippen LogP contribution in [-0.2, 0) is 40.7 Å². The Hall–Kier alpha value is -7.64. The van der Waals surface area contributed by atoms with Gasteiger partial charge in [-0.25, -0.2) is 19.2 Å². The molecule has 1 aliphatic rings. The maximum absolute atomic E-state index is 14.7. The van der Waals surface area contributed by atoms with Crippen molar-refractivity contribution < 1.29 is 42.9 Å². The Balaban J connectivity index is 0.964. The zero-order valence-electron chi connectivity index (χ0n) is 41.4. The van der Waals surface area contributed by atoms with Crippen molar-refractivity contribution in [2.45, 2.75) is 95.1 Å². The number of hydrogen-bond acceptors (Lipinski definition) is 9. The molecule has 14 heteroatoms. The molecule has 4 amide bonds. The van der Waals surface area contributed by atoms with Crippen LogP contribution in [-0.4, -0.2) is 67.5 Å². The summed E-state index contributed by atoms with van der Waals surface area (Å²) in [5, 5.41) is 11.6. The first-order valence-corrected chi connectivity index (χ1v) is 25.1. The molecular weight excluding hydrogens is 944 g/mol. The van der Waals surface area contributed by atoms with Crippen molar-refractivity contribution in [3.63, 3.8) is 0 Å². The van der Waals surface area contributed by atoms with Gasteiger partial charge in [-0.3, -0.25) is 4.79 Å². The lowest BCUT2D eigenvalue weighted by molar-refractivity contribution is -0.156. The van der Waals surface area contributed by atoms with Crippen molar-refractivity contribution >= 4 is 41.8 Å². The number of amides is 4. The topological polar surface area (TPSA) is 170 Å². The molecule has 1 aliphatic carbocycles. The van der Waals surface area contributed by atoms with Crippen molar-refractivity contribution in [1.29, 1.82) is 0 Å². The summed E-state index contributed by atoms with van der Waals surface area (Å²) in [7, 11) is 0. The first-order valence-electron chi connectivity index (χ1n) is 24.7. The molecular formula is C59H63ClN4O9. The number of ether oxygens (including phenoxy) is 4. The van der Waals surface area contributed by atoms with E-state index < -0.39 is 53.4 Å². The summed E-state index contributed by atoms with van der Waals surface area (Å²) >= 11 is 6.92. The summed E-state index contributed by atoms with van der Waals surface area (Å²) in [4.78, 5) is 67.6. The van der Waals surface area contributed by atoms with E-state index >= 15 is 0 Å². The molecule has 7 rings (SSSR count). The monoisotopic (exact) mass is 1010 g/mol. The van der Waals surface area contributed by atoms with Gasteiger partial charge >= 0.3 is 24.2 Å². The molecule has 0 saturated heterocycles. The molecule has 0 radical (unpaired) electrons. The van der Waals surface area contributed by atoms with Gasteiger partial charge in [0.1, 0.15) is 30.9 Å². The number of esters is 1. The highest BCUT2D eigenvalue weighted by Crippen LogP contribution is 2.45. The Labute approximate surface area is 432 Å². The van der Waals surface area contributed by atoms with E-state index in [0.717, 1.165) is 27.8 Å². The zero-order valence-corrected chi connectivity index (χ0v) is 42.2. The molecule has 0 heterocycles. The van der Waals surface area contributed by atoms with Crippen LogP contribution < -0.4 is 21.3 Å². The molecule has 0 aliphatic heterocycles. The molecule has 73 heavy (non-hydrogen) atoms. The van der Waals surface area contributed by atoms with Crippen LogP contribution >= 0.6 is 11.6 Å². The highest BCUT2D eigenvalue weighted by Gasteiger charge is 2.44. The molecule has 0 bridgehead atoms. The normalized spacial score (nSPS) is 12.8. The van der Waals surface area contributed by atoms with Crippen LogP contribution in [0.1, 0.15) is 98.6 Å². The minimum atomic E-state index is -1.52. The maximum atomic E-state index is 14.7. The van der Waals surface area contributed by atoms with Gasteiger partial charge in [-0.15, -0.1) is 0 Å². The van der Waals surface area contributed by atoms with Crippen LogP contribution in [0.3, 0.4) is 0 Å². The molecule has 0 fully saturated rings. The van der Waals surface area contributed by atoms with Crippen LogP contribution in [0, 0.1) is 0 Å². The Kier molecular flexibility index (Phi) is 18.7. The molecule has 2 atom stereocenters. The number of unbranched alkanes of at least 4 members (excludes halogenated alkanes) is 2. The van der Waals surface area contributed by atoms with E-state index in [4.69, 9.17) is 30.5 Å². The van der Waals surface area contributed by atoms with Gasteiger partial charge in [0.05, 0.1) is 0 Å². The lowest BCUT2D eigenvalue weighted by atomic mass is 9.80. The SMILES string of the molecule is CC(C)(C)OC(=O)N[C@@H](CCCCNC(=O)OCC1c2ccccc2-c2ccccc21)C(=O)NCCCC[C@H](NC(=O)OCc1ccccc1)C(=O)OC(c1ccccc1)(c1ccccc1)c1ccccc1Cl. The highest BCUT2D eigenvalue weighted by atomic mass is 35.5. The fourth-order valence-electron chi connectivity index (χ4n) is 8.96. The minimum Gasteiger partial charge on any atom is -0.449 e. The highest BCUT2D eigenvalue weighted by molar-refractivity contribution is 6.31. The molecule has 4 N–H and O–H groups in total. The molecule has 380 valence electrons. The lowest BCUT2D eigenvalue weighted by Gasteiger charge is -2.37. The summed E-state index contributed by atoms with van der Waals surface area (Å²) in [5.41, 5.74) is 4.77. The van der Waals surface area contributed by atoms with Gasteiger partial charge in [-0.2, -0.15) is 0 Å². The van der Waals surface area contributed by atoms with E-state index in [1.54, 1.807) is 32.9 Å². The number of benzene rings is 6. The van der Waals surface area contributed by atoms with Crippen LogP contribution in [0.25, 0.3) is 11.1 Å². The number of fused-ring (bicyclic) bond motifs is 3. The van der Waals surface area contributed by atoms with Crippen molar-refractivity contribution in [3.8, 4) is 11.1 Å². The van der Waals surface area contributed by atoms with Crippen LogP contribution in [0.5, 0.6) is 0 Å². The third kappa shape index (κ3) is 14.5. The first kappa shape index (κ1) is 53.2. The Morgan fingerprint density at radius 2 is 1.04 bits per heavy atom. The molecule has 6 aromatic carbocycles. The predicted molar refractivity (Wildman–Crippen MR) is 281 cm³/mol. The number of carbonyl (C=O) groups is 5. The number of rotatable bonds is 22. The summed E-state index contributed by atoms with van der Waals surface area (Å²) in [6, 6.07) is 49.0. The van der Waals surface area contributed by atoms with E-state index in [9.17, 15) is 24.0 Å². The van der Waals surface area contributed by atoms with E-state index in [1.807, 2.05) is 127 Å². The second kappa shape index (κ2) is 25.7. The first-order chi connectivity index (χ1) is 35.3. The van der Waals surface area contributed by atoms with Crippen molar-refractivity contribution in [3.05, 3.63) is 202 Å². The molecule has 6 aromatic rings. The van der Waals surface area contributed by atoms with E-state index in [1.165, 1.54) is 0 Å². The quantitative estimate of drug-likeness (QED) is 0.0224. The molecule has 13 nitrogen and oxygen atoms in total. The minimum absolute atomic E-state index is 0.0222. The third-order valence-corrected chi connectivity index (χ3v) is 12.7. The maximum Gasteiger partial charge on any atom is 0.408 e. The second-order valence-electron chi connectivity index (χ2n) is 18.8.